The van der Waals surface area contributed by atoms with Gasteiger partial charge >= 0.3 is 5.97 Å². The van der Waals surface area contributed by atoms with Gasteiger partial charge in [-0.15, -0.1) is 0 Å². The first-order valence-electron chi connectivity index (χ1n) is 5.72. The molecule has 0 aliphatic carbocycles. The van der Waals surface area contributed by atoms with Gasteiger partial charge in [0.1, 0.15) is 12.6 Å². The third kappa shape index (κ3) is 1.97. The highest BCUT2D eigenvalue weighted by Gasteiger charge is 2.39. The molecule has 1 aromatic carbocycles. The van der Waals surface area contributed by atoms with E-state index in [0.29, 0.717) is 5.69 Å². The van der Waals surface area contributed by atoms with Crippen molar-refractivity contribution in [3.63, 3.8) is 0 Å². The van der Waals surface area contributed by atoms with Crippen molar-refractivity contribution in [2.45, 2.75) is 13.0 Å². The van der Waals surface area contributed by atoms with Gasteiger partial charge in [-0.05, 0) is 27.1 Å². The molecule has 1 N–H and O–H groups in total. The second-order valence-electron chi connectivity index (χ2n) is 4.75. The Morgan fingerprint density at radius 2 is 2.11 bits per heavy atom. The summed E-state index contributed by atoms with van der Waals surface area (Å²) >= 11 is 0. The van der Waals surface area contributed by atoms with Crippen molar-refractivity contribution >= 4 is 17.6 Å². The summed E-state index contributed by atoms with van der Waals surface area (Å²) in [6, 6.07) is 5.26. The number of amides is 1. The number of carboxylic acid groups (broad SMARTS) is 1. The second kappa shape index (κ2) is 4.42. The number of hydrogen-bond acceptors (Lipinski definition) is 3. The summed E-state index contributed by atoms with van der Waals surface area (Å²) in [7, 11) is 3.64. The van der Waals surface area contributed by atoms with Gasteiger partial charge in [-0.1, -0.05) is 17.7 Å². The van der Waals surface area contributed by atoms with Crippen LogP contribution in [0.25, 0.3) is 0 Å². The average molecular weight is 248 g/mol. The van der Waals surface area contributed by atoms with Crippen molar-refractivity contribution in [2.75, 3.05) is 25.5 Å². The van der Waals surface area contributed by atoms with E-state index in [1.54, 1.807) is 0 Å². The molecule has 0 spiro atoms. The van der Waals surface area contributed by atoms with E-state index in [0.717, 1.165) is 11.1 Å². The minimum absolute atomic E-state index is 0.178. The monoisotopic (exact) mass is 248 g/mol. The summed E-state index contributed by atoms with van der Waals surface area (Å²) in [6.07, 6.45) is 0. The summed E-state index contributed by atoms with van der Waals surface area (Å²) in [4.78, 5) is 26.3. The largest absolute Gasteiger partial charge is 0.480 e. The molecule has 1 aliphatic rings. The summed E-state index contributed by atoms with van der Waals surface area (Å²) in [5.41, 5.74) is 2.64. The number of carbonyl (C=O) groups excluding carboxylic acids is 1. The number of anilines is 1. The van der Waals surface area contributed by atoms with E-state index >= 15 is 0 Å². The van der Waals surface area contributed by atoms with Crippen molar-refractivity contribution in [3.8, 4) is 0 Å². The van der Waals surface area contributed by atoms with Crippen LogP contribution in [0.15, 0.2) is 18.2 Å². The minimum Gasteiger partial charge on any atom is -0.480 e. The van der Waals surface area contributed by atoms with Crippen molar-refractivity contribution in [1.29, 1.82) is 0 Å². The van der Waals surface area contributed by atoms with Gasteiger partial charge in [0.15, 0.2) is 0 Å². The molecule has 0 bridgehead atoms. The highest BCUT2D eigenvalue weighted by atomic mass is 16.4. The molecule has 1 aromatic rings. The molecule has 0 unspecified atom stereocenters. The lowest BCUT2D eigenvalue weighted by Gasteiger charge is -2.19. The van der Waals surface area contributed by atoms with Crippen LogP contribution in [0.4, 0.5) is 5.69 Å². The van der Waals surface area contributed by atoms with Gasteiger partial charge < -0.3 is 5.11 Å². The van der Waals surface area contributed by atoms with Crippen LogP contribution < -0.4 is 4.90 Å². The maximum absolute atomic E-state index is 12.3. The van der Waals surface area contributed by atoms with Gasteiger partial charge in [0, 0.05) is 11.3 Å². The smallest absolute Gasteiger partial charge is 0.323 e. The standard InChI is InChI=1S/C13H16N2O3/c1-8-4-5-10-9(6-8)12(14(2)3)13(18)15(10)7-11(16)17/h4-6,12H,7H2,1-3H3,(H,16,17)/t12-/m0/s1. The molecule has 1 amide bonds. The van der Waals surface area contributed by atoms with Crippen molar-refractivity contribution in [2.24, 2.45) is 0 Å². The lowest BCUT2D eigenvalue weighted by Crippen LogP contribution is -2.37. The van der Waals surface area contributed by atoms with Crippen LogP contribution >= 0.6 is 0 Å². The lowest BCUT2D eigenvalue weighted by molar-refractivity contribution is -0.137. The normalized spacial score (nSPS) is 18.3. The number of nitrogens with zero attached hydrogens (tertiary/aromatic N) is 2. The SMILES string of the molecule is Cc1ccc2c(c1)[C@H](N(C)C)C(=O)N2CC(=O)O. The summed E-state index contributed by atoms with van der Waals surface area (Å²) in [5.74, 6) is -1.18. The zero-order valence-corrected chi connectivity index (χ0v) is 10.7. The fourth-order valence-corrected chi connectivity index (χ4v) is 2.34. The molecular weight excluding hydrogens is 232 g/mol. The van der Waals surface area contributed by atoms with E-state index < -0.39 is 5.97 Å². The first-order valence-corrected chi connectivity index (χ1v) is 5.72. The van der Waals surface area contributed by atoms with E-state index in [1.165, 1.54) is 4.90 Å². The molecule has 0 saturated carbocycles. The van der Waals surface area contributed by atoms with Crippen LogP contribution in [0.3, 0.4) is 0 Å². The number of aryl methyl sites for hydroxylation is 1. The number of fused-ring (bicyclic) bond motifs is 1. The summed E-state index contributed by atoms with van der Waals surface area (Å²) in [5, 5.41) is 8.89. The number of aliphatic carboxylic acids is 1. The molecule has 1 heterocycles. The molecule has 18 heavy (non-hydrogen) atoms. The van der Waals surface area contributed by atoms with E-state index in [2.05, 4.69) is 0 Å². The Bertz CT molecular complexity index is 511. The maximum atomic E-state index is 12.3. The number of carboxylic acids is 1. The minimum atomic E-state index is -1.01. The second-order valence-corrected chi connectivity index (χ2v) is 4.75. The van der Waals surface area contributed by atoms with Gasteiger partial charge in [-0.25, -0.2) is 0 Å². The van der Waals surface area contributed by atoms with Crippen LogP contribution in [0.5, 0.6) is 0 Å². The van der Waals surface area contributed by atoms with Gasteiger partial charge in [-0.2, -0.15) is 0 Å². The Morgan fingerprint density at radius 3 is 2.67 bits per heavy atom. The lowest BCUT2D eigenvalue weighted by atomic mass is 10.0. The van der Waals surface area contributed by atoms with E-state index in [-0.39, 0.29) is 18.5 Å². The third-order valence-electron chi connectivity index (χ3n) is 3.08. The Hall–Kier alpha value is -1.88. The van der Waals surface area contributed by atoms with Gasteiger partial charge in [0.05, 0.1) is 0 Å². The van der Waals surface area contributed by atoms with Crippen LogP contribution in [-0.2, 0) is 9.59 Å². The van der Waals surface area contributed by atoms with Crippen molar-refractivity contribution in [1.82, 2.24) is 4.90 Å². The molecule has 5 nitrogen and oxygen atoms in total. The average Bonchev–Trinajstić information content (AvgIpc) is 2.50. The maximum Gasteiger partial charge on any atom is 0.323 e. The first-order chi connectivity index (χ1) is 8.41. The molecule has 96 valence electrons. The molecule has 0 fully saturated rings. The van der Waals surface area contributed by atoms with Crippen molar-refractivity contribution < 1.29 is 14.7 Å². The van der Waals surface area contributed by atoms with Gasteiger partial charge in [0.2, 0.25) is 5.91 Å². The summed E-state index contributed by atoms with van der Waals surface area (Å²) in [6.45, 7) is 1.66. The Labute approximate surface area is 106 Å². The molecule has 2 rings (SSSR count). The van der Waals surface area contributed by atoms with Gasteiger partial charge in [-0.3, -0.25) is 19.4 Å². The quantitative estimate of drug-likeness (QED) is 0.868. The Balaban J connectivity index is 2.50. The highest BCUT2D eigenvalue weighted by Crippen LogP contribution is 2.38. The highest BCUT2D eigenvalue weighted by molar-refractivity contribution is 6.07. The first kappa shape index (κ1) is 12.6. The third-order valence-corrected chi connectivity index (χ3v) is 3.08. The zero-order chi connectivity index (χ0) is 13.4. The number of likely N-dealkylation sites (N-methyl/N-ethyl adjacent to an activating group) is 1. The molecule has 0 radical (unpaired) electrons. The van der Waals surface area contributed by atoms with Gasteiger partial charge in [0.25, 0.3) is 0 Å². The van der Waals surface area contributed by atoms with E-state index in [1.807, 2.05) is 44.1 Å². The Kier molecular flexibility index (Phi) is 3.09. The number of benzene rings is 1. The fraction of sp³-hybridized carbons (Fsp3) is 0.385. The number of rotatable bonds is 3. The number of carbonyl (C=O) groups is 2. The Morgan fingerprint density at radius 1 is 1.44 bits per heavy atom. The fourth-order valence-electron chi connectivity index (χ4n) is 2.34. The molecule has 0 saturated heterocycles. The van der Waals surface area contributed by atoms with Crippen LogP contribution in [0.1, 0.15) is 17.2 Å². The van der Waals surface area contributed by atoms with E-state index in [4.69, 9.17) is 5.11 Å². The number of hydrogen-bond donors (Lipinski definition) is 1. The van der Waals surface area contributed by atoms with Crippen LogP contribution in [0.2, 0.25) is 0 Å². The molecular formula is C13H16N2O3. The summed E-state index contributed by atoms with van der Waals surface area (Å²) < 4.78 is 0. The predicted octanol–water partition coefficient (Wildman–Crippen LogP) is 1.03. The molecule has 1 aliphatic heterocycles. The van der Waals surface area contributed by atoms with E-state index in [9.17, 15) is 9.59 Å². The molecule has 0 aromatic heterocycles. The zero-order valence-electron chi connectivity index (χ0n) is 10.7. The van der Waals surface area contributed by atoms with Crippen molar-refractivity contribution in [3.05, 3.63) is 29.3 Å². The van der Waals surface area contributed by atoms with Crippen LogP contribution in [-0.4, -0.2) is 42.5 Å². The predicted molar refractivity (Wildman–Crippen MR) is 67.6 cm³/mol. The molecule has 5 heteroatoms. The topological polar surface area (TPSA) is 60.9 Å². The molecule has 1 atom stereocenters. The van der Waals surface area contributed by atoms with Crippen LogP contribution in [0, 0.1) is 6.92 Å².